The van der Waals surface area contributed by atoms with E-state index in [4.69, 9.17) is 22.1 Å². The molecule has 0 radical (unpaired) electrons. The third-order valence-electron chi connectivity index (χ3n) is 4.71. The summed E-state index contributed by atoms with van der Waals surface area (Å²) in [5.74, 6) is 1.51. The Balaban J connectivity index is 1.76. The standard InChI is InChI=1S/C15H19ClN2O2/c1-20-10-4-5-11(16)12(7-10)18-15(19)13-8-2-3-9(6-8)14(13)17/h4-5,7-9,13-14H,2-3,6,17H2,1H3,(H,18,19). The predicted octanol–water partition coefficient (Wildman–Crippen LogP) is 2.66. The Morgan fingerprint density at radius 1 is 1.40 bits per heavy atom. The summed E-state index contributed by atoms with van der Waals surface area (Å²) in [6.45, 7) is 0. The first-order valence-corrected chi connectivity index (χ1v) is 7.38. The number of fused-ring (bicyclic) bond motifs is 2. The average molecular weight is 295 g/mol. The van der Waals surface area contributed by atoms with Crippen LogP contribution >= 0.6 is 11.6 Å². The summed E-state index contributed by atoms with van der Waals surface area (Å²) < 4.78 is 5.15. The van der Waals surface area contributed by atoms with Crippen LogP contribution in [0.4, 0.5) is 5.69 Å². The van der Waals surface area contributed by atoms with Crippen LogP contribution < -0.4 is 15.8 Å². The van der Waals surface area contributed by atoms with Gasteiger partial charge in [-0.3, -0.25) is 4.79 Å². The number of anilines is 1. The zero-order valence-corrected chi connectivity index (χ0v) is 12.2. The summed E-state index contributed by atoms with van der Waals surface area (Å²) in [6, 6.07) is 5.20. The van der Waals surface area contributed by atoms with Crippen LogP contribution in [0.2, 0.25) is 5.02 Å². The molecule has 0 aliphatic heterocycles. The van der Waals surface area contributed by atoms with E-state index in [9.17, 15) is 4.79 Å². The number of hydrogen-bond donors (Lipinski definition) is 2. The molecule has 3 rings (SSSR count). The van der Waals surface area contributed by atoms with Gasteiger partial charge in [-0.05, 0) is 43.2 Å². The van der Waals surface area contributed by atoms with Gasteiger partial charge in [0.25, 0.3) is 0 Å². The van der Waals surface area contributed by atoms with Crippen LogP contribution in [0.3, 0.4) is 0 Å². The Labute approximate surface area is 123 Å². The van der Waals surface area contributed by atoms with E-state index in [0.717, 1.165) is 19.3 Å². The van der Waals surface area contributed by atoms with E-state index in [0.29, 0.717) is 28.3 Å². The molecule has 4 unspecified atom stereocenters. The Morgan fingerprint density at radius 3 is 2.80 bits per heavy atom. The second-order valence-corrected chi connectivity index (χ2v) is 6.18. The van der Waals surface area contributed by atoms with Gasteiger partial charge in [0.1, 0.15) is 5.75 Å². The predicted molar refractivity (Wildman–Crippen MR) is 78.9 cm³/mol. The molecule has 2 fully saturated rings. The van der Waals surface area contributed by atoms with Crippen molar-refractivity contribution in [2.75, 3.05) is 12.4 Å². The van der Waals surface area contributed by atoms with Gasteiger partial charge in [0.15, 0.2) is 0 Å². The number of carbonyl (C=O) groups is 1. The van der Waals surface area contributed by atoms with E-state index in [-0.39, 0.29) is 17.9 Å². The molecule has 2 aliphatic rings. The third kappa shape index (κ3) is 2.27. The number of nitrogens with two attached hydrogens (primary N) is 1. The van der Waals surface area contributed by atoms with Gasteiger partial charge in [-0.15, -0.1) is 0 Å². The van der Waals surface area contributed by atoms with Crippen molar-refractivity contribution in [3.05, 3.63) is 23.2 Å². The SMILES string of the molecule is COc1ccc(Cl)c(NC(=O)C2C3CCC(C3)C2N)c1. The van der Waals surface area contributed by atoms with E-state index in [1.807, 2.05) is 0 Å². The number of ether oxygens (including phenoxy) is 1. The molecule has 0 aromatic heterocycles. The monoisotopic (exact) mass is 294 g/mol. The Bertz CT molecular complexity index is 533. The van der Waals surface area contributed by atoms with Gasteiger partial charge in [-0.1, -0.05) is 11.6 Å². The average Bonchev–Trinajstić information content (AvgIpc) is 3.01. The van der Waals surface area contributed by atoms with Crippen LogP contribution in [0.15, 0.2) is 18.2 Å². The molecule has 0 heterocycles. The van der Waals surface area contributed by atoms with E-state index in [1.54, 1.807) is 25.3 Å². The zero-order chi connectivity index (χ0) is 14.3. The maximum Gasteiger partial charge on any atom is 0.229 e. The van der Waals surface area contributed by atoms with Crippen LogP contribution in [0.5, 0.6) is 5.75 Å². The summed E-state index contributed by atoms with van der Waals surface area (Å²) in [4.78, 5) is 12.5. The lowest BCUT2D eigenvalue weighted by Crippen LogP contribution is -2.42. The van der Waals surface area contributed by atoms with Gasteiger partial charge in [0.05, 0.1) is 23.7 Å². The van der Waals surface area contributed by atoms with Crippen molar-refractivity contribution < 1.29 is 9.53 Å². The first kappa shape index (κ1) is 13.7. The van der Waals surface area contributed by atoms with Crippen LogP contribution in [0, 0.1) is 17.8 Å². The first-order valence-electron chi connectivity index (χ1n) is 7.00. The highest BCUT2D eigenvalue weighted by Crippen LogP contribution is 2.48. The van der Waals surface area contributed by atoms with Crippen LogP contribution in [0.1, 0.15) is 19.3 Å². The topological polar surface area (TPSA) is 64.3 Å². The molecule has 5 heteroatoms. The minimum absolute atomic E-state index is 0.0140. The number of amides is 1. The molecular formula is C15H19ClN2O2. The quantitative estimate of drug-likeness (QED) is 0.901. The smallest absolute Gasteiger partial charge is 0.229 e. The Morgan fingerprint density at radius 2 is 2.15 bits per heavy atom. The second-order valence-electron chi connectivity index (χ2n) is 5.77. The third-order valence-corrected chi connectivity index (χ3v) is 5.04. The van der Waals surface area contributed by atoms with E-state index in [1.165, 1.54) is 0 Å². The van der Waals surface area contributed by atoms with Crippen molar-refractivity contribution in [1.29, 1.82) is 0 Å². The maximum absolute atomic E-state index is 12.5. The van der Waals surface area contributed by atoms with Crippen LogP contribution in [-0.4, -0.2) is 19.1 Å². The lowest BCUT2D eigenvalue weighted by atomic mass is 9.84. The molecule has 108 valence electrons. The number of hydrogen-bond acceptors (Lipinski definition) is 3. The van der Waals surface area contributed by atoms with Crippen LogP contribution in [0.25, 0.3) is 0 Å². The van der Waals surface area contributed by atoms with Gasteiger partial charge in [-0.25, -0.2) is 0 Å². The zero-order valence-electron chi connectivity index (χ0n) is 11.4. The molecule has 4 nitrogen and oxygen atoms in total. The fourth-order valence-corrected chi connectivity index (χ4v) is 3.83. The molecule has 4 atom stereocenters. The van der Waals surface area contributed by atoms with Crippen LogP contribution in [-0.2, 0) is 4.79 Å². The van der Waals surface area contributed by atoms with Gasteiger partial charge >= 0.3 is 0 Å². The van der Waals surface area contributed by atoms with Crippen molar-refractivity contribution in [3.8, 4) is 5.75 Å². The van der Waals surface area contributed by atoms with Crippen molar-refractivity contribution in [3.63, 3.8) is 0 Å². The molecule has 2 saturated carbocycles. The number of halogens is 1. The number of nitrogens with one attached hydrogen (secondary N) is 1. The number of benzene rings is 1. The molecule has 0 saturated heterocycles. The summed E-state index contributed by atoms with van der Waals surface area (Å²) in [6.07, 6.45) is 3.36. The summed E-state index contributed by atoms with van der Waals surface area (Å²) in [7, 11) is 1.58. The first-order chi connectivity index (χ1) is 9.60. The number of carbonyl (C=O) groups excluding carboxylic acids is 1. The second kappa shape index (κ2) is 5.26. The van der Waals surface area contributed by atoms with Gasteiger partial charge in [0.2, 0.25) is 5.91 Å². The number of rotatable bonds is 3. The largest absolute Gasteiger partial charge is 0.497 e. The summed E-state index contributed by atoms with van der Waals surface area (Å²) in [5.41, 5.74) is 6.78. The lowest BCUT2D eigenvalue weighted by molar-refractivity contribution is -0.121. The molecule has 2 bridgehead atoms. The molecule has 20 heavy (non-hydrogen) atoms. The van der Waals surface area contributed by atoms with Gasteiger partial charge in [0, 0.05) is 12.1 Å². The Kier molecular flexibility index (Phi) is 3.61. The van der Waals surface area contributed by atoms with Crippen molar-refractivity contribution >= 4 is 23.2 Å². The molecule has 1 amide bonds. The molecule has 2 aliphatic carbocycles. The fourth-order valence-electron chi connectivity index (χ4n) is 3.67. The van der Waals surface area contributed by atoms with Crippen molar-refractivity contribution in [1.82, 2.24) is 0 Å². The minimum Gasteiger partial charge on any atom is -0.497 e. The summed E-state index contributed by atoms with van der Waals surface area (Å²) >= 11 is 6.12. The molecule has 3 N–H and O–H groups in total. The highest BCUT2D eigenvalue weighted by molar-refractivity contribution is 6.33. The fraction of sp³-hybridized carbons (Fsp3) is 0.533. The molecule has 1 aromatic rings. The summed E-state index contributed by atoms with van der Waals surface area (Å²) in [5, 5.41) is 3.42. The van der Waals surface area contributed by atoms with Gasteiger partial charge < -0.3 is 15.8 Å². The van der Waals surface area contributed by atoms with E-state index >= 15 is 0 Å². The highest BCUT2D eigenvalue weighted by Gasteiger charge is 2.49. The van der Waals surface area contributed by atoms with E-state index in [2.05, 4.69) is 5.32 Å². The normalized spacial score (nSPS) is 31.4. The Hall–Kier alpha value is -1.26. The highest BCUT2D eigenvalue weighted by atomic mass is 35.5. The maximum atomic E-state index is 12.5. The van der Waals surface area contributed by atoms with Crippen molar-refractivity contribution in [2.45, 2.75) is 25.3 Å². The minimum atomic E-state index is -0.0870. The number of methoxy groups -OCH3 is 1. The molecule has 0 spiro atoms. The molecular weight excluding hydrogens is 276 g/mol. The van der Waals surface area contributed by atoms with Gasteiger partial charge in [-0.2, -0.15) is 0 Å². The lowest BCUT2D eigenvalue weighted by Gasteiger charge is -2.27. The van der Waals surface area contributed by atoms with E-state index < -0.39 is 0 Å². The molecule has 1 aromatic carbocycles. The van der Waals surface area contributed by atoms with Crippen molar-refractivity contribution in [2.24, 2.45) is 23.5 Å².